The van der Waals surface area contributed by atoms with Crippen LogP contribution >= 0.6 is 0 Å². The zero-order chi connectivity index (χ0) is 13.1. The van der Waals surface area contributed by atoms with Gasteiger partial charge in [-0.25, -0.2) is 0 Å². The van der Waals surface area contributed by atoms with Crippen molar-refractivity contribution in [1.29, 1.82) is 0 Å². The van der Waals surface area contributed by atoms with E-state index in [9.17, 15) is 0 Å². The van der Waals surface area contributed by atoms with Crippen molar-refractivity contribution >= 4 is 0 Å². The summed E-state index contributed by atoms with van der Waals surface area (Å²) in [6.45, 7) is 3.98. The number of rotatable bonds is 4. The number of hydrogen-bond donors (Lipinski definition) is 1. The molecule has 0 radical (unpaired) electrons. The quantitative estimate of drug-likeness (QED) is 0.846. The maximum Gasteiger partial charge on any atom is 0.0796 e. The van der Waals surface area contributed by atoms with Gasteiger partial charge in [0, 0.05) is 25.4 Å². The van der Waals surface area contributed by atoms with E-state index < -0.39 is 0 Å². The Labute approximate surface area is 115 Å². The van der Waals surface area contributed by atoms with Crippen LogP contribution in [-0.4, -0.2) is 41.9 Å². The smallest absolute Gasteiger partial charge is 0.0796 e. The molecule has 19 heavy (non-hydrogen) atoms. The first kappa shape index (κ1) is 13.1. The van der Waals surface area contributed by atoms with E-state index in [0.717, 1.165) is 26.3 Å². The summed E-state index contributed by atoms with van der Waals surface area (Å²) in [5, 5.41) is 7.82. The molecule has 0 bridgehead atoms. The summed E-state index contributed by atoms with van der Waals surface area (Å²) in [7, 11) is 2.20. The van der Waals surface area contributed by atoms with Crippen molar-refractivity contribution in [3.63, 3.8) is 0 Å². The Balaban J connectivity index is 1.61. The molecule has 4 heteroatoms. The Kier molecular flexibility index (Phi) is 4.18. The lowest BCUT2D eigenvalue weighted by molar-refractivity contribution is 0.172. The molecule has 1 fully saturated rings. The number of aromatic amines is 1. The number of H-pyrrole nitrogens is 1. The fourth-order valence-corrected chi connectivity index (χ4v) is 3.35. The van der Waals surface area contributed by atoms with Crippen LogP contribution in [-0.2, 0) is 24.1 Å². The Bertz CT molecular complexity index is 410. The third-order valence-electron chi connectivity index (χ3n) is 4.41. The molecule has 1 aliphatic carbocycles. The summed E-state index contributed by atoms with van der Waals surface area (Å²) >= 11 is 0. The van der Waals surface area contributed by atoms with E-state index in [-0.39, 0.29) is 0 Å². The van der Waals surface area contributed by atoms with E-state index >= 15 is 0 Å². The zero-order valence-corrected chi connectivity index (χ0v) is 12.0. The second-order valence-electron chi connectivity index (χ2n) is 6.11. The summed E-state index contributed by atoms with van der Waals surface area (Å²) in [6.07, 6.45) is 7.59. The maximum absolute atomic E-state index is 5.45. The number of aromatic nitrogens is 2. The normalized spacial score (nSPS) is 23.6. The van der Waals surface area contributed by atoms with Crippen LogP contribution in [0.2, 0.25) is 0 Å². The maximum atomic E-state index is 5.45. The van der Waals surface area contributed by atoms with Crippen LogP contribution in [0.15, 0.2) is 0 Å². The van der Waals surface area contributed by atoms with Crippen LogP contribution in [0.4, 0.5) is 0 Å². The number of hydrogen-bond acceptors (Lipinski definition) is 3. The van der Waals surface area contributed by atoms with Gasteiger partial charge in [-0.15, -0.1) is 0 Å². The zero-order valence-electron chi connectivity index (χ0n) is 12.0. The monoisotopic (exact) mass is 263 g/mol. The van der Waals surface area contributed by atoms with Gasteiger partial charge in [0.15, 0.2) is 0 Å². The molecule has 0 aromatic carbocycles. The van der Waals surface area contributed by atoms with Crippen molar-refractivity contribution in [1.82, 2.24) is 15.1 Å². The number of aryl methyl sites for hydroxylation is 1. The van der Waals surface area contributed by atoms with E-state index in [0.29, 0.717) is 5.92 Å². The second-order valence-corrected chi connectivity index (χ2v) is 6.11. The number of nitrogens with one attached hydrogen (secondary N) is 1. The molecule has 1 aromatic rings. The van der Waals surface area contributed by atoms with Crippen LogP contribution in [0, 0.1) is 5.92 Å². The van der Waals surface area contributed by atoms with Gasteiger partial charge >= 0.3 is 0 Å². The van der Waals surface area contributed by atoms with Gasteiger partial charge < -0.3 is 9.64 Å². The molecule has 1 unspecified atom stereocenters. The van der Waals surface area contributed by atoms with Crippen LogP contribution in [0.25, 0.3) is 0 Å². The Morgan fingerprint density at radius 3 is 3.05 bits per heavy atom. The van der Waals surface area contributed by atoms with Crippen molar-refractivity contribution in [2.75, 3.05) is 26.8 Å². The number of fused-ring (bicyclic) bond motifs is 1. The molecular formula is C15H25N3O. The van der Waals surface area contributed by atoms with Gasteiger partial charge in [-0.2, -0.15) is 5.10 Å². The fourth-order valence-electron chi connectivity index (χ4n) is 3.35. The average Bonchev–Trinajstić information content (AvgIpc) is 2.95. The molecular weight excluding hydrogens is 238 g/mol. The van der Waals surface area contributed by atoms with Gasteiger partial charge in [0.1, 0.15) is 0 Å². The van der Waals surface area contributed by atoms with E-state index in [4.69, 9.17) is 4.74 Å². The first-order valence-electron chi connectivity index (χ1n) is 7.64. The highest BCUT2D eigenvalue weighted by molar-refractivity contribution is 5.26. The van der Waals surface area contributed by atoms with E-state index in [1.165, 1.54) is 55.5 Å². The second kappa shape index (κ2) is 6.06. The van der Waals surface area contributed by atoms with Gasteiger partial charge in [0.2, 0.25) is 0 Å². The van der Waals surface area contributed by atoms with E-state index in [2.05, 4.69) is 22.1 Å². The van der Waals surface area contributed by atoms with Crippen LogP contribution < -0.4 is 0 Å². The summed E-state index contributed by atoms with van der Waals surface area (Å²) < 4.78 is 5.45. The topological polar surface area (TPSA) is 41.2 Å². The van der Waals surface area contributed by atoms with Gasteiger partial charge in [-0.3, -0.25) is 5.10 Å². The molecule has 1 saturated heterocycles. The van der Waals surface area contributed by atoms with Gasteiger partial charge in [0.05, 0.1) is 12.3 Å². The lowest BCUT2D eigenvalue weighted by atomic mass is 10.1. The highest BCUT2D eigenvalue weighted by Gasteiger charge is 2.20. The summed E-state index contributed by atoms with van der Waals surface area (Å²) in [5.41, 5.74) is 4.18. The van der Waals surface area contributed by atoms with Crippen molar-refractivity contribution in [3.05, 3.63) is 17.0 Å². The molecule has 4 nitrogen and oxygen atoms in total. The third kappa shape index (κ3) is 3.18. The molecule has 2 heterocycles. The molecule has 0 amide bonds. The Hall–Kier alpha value is -0.870. The standard InChI is InChI=1S/C15H25N3O/c1-18(9-12-7-8-19-11-12)10-15-13-5-3-2-4-6-14(13)16-17-15/h12H,2-11H2,1H3,(H,16,17). The van der Waals surface area contributed by atoms with Crippen molar-refractivity contribution < 1.29 is 4.74 Å². The first-order chi connectivity index (χ1) is 9.33. The molecule has 3 rings (SSSR count). The molecule has 2 aliphatic rings. The summed E-state index contributed by atoms with van der Waals surface area (Å²) in [5.74, 6) is 0.711. The molecule has 106 valence electrons. The summed E-state index contributed by atoms with van der Waals surface area (Å²) in [4.78, 5) is 2.40. The van der Waals surface area contributed by atoms with Crippen LogP contribution in [0.5, 0.6) is 0 Å². The van der Waals surface area contributed by atoms with Crippen molar-refractivity contribution in [2.24, 2.45) is 5.92 Å². The third-order valence-corrected chi connectivity index (χ3v) is 4.41. The lowest BCUT2D eigenvalue weighted by Crippen LogP contribution is -2.26. The van der Waals surface area contributed by atoms with Gasteiger partial charge in [-0.1, -0.05) is 6.42 Å². The molecule has 1 aliphatic heterocycles. The van der Waals surface area contributed by atoms with E-state index in [1.807, 2.05) is 0 Å². The number of nitrogens with zero attached hydrogens (tertiary/aromatic N) is 2. The highest BCUT2D eigenvalue weighted by atomic mass is 16.5. The average molecular weight is 263 g/mol. The molecule has 1 aromatic heterocycles. The highest BCUT2D eigenvalue weighted by Crippen LogP contribution is 2.23. The molecule has 0 saturated carbocycles. The predicted octanol–water partition coefficient (Wildman–Crippen LogP) is 2.15. The van der Waals surface area contributed by atoms with Crippen LogP contribution in [0.1, 0.15) is 42.6 Å². The van der Waals surface area contributed by atoms with Crippen molar-refractivity contribution in [3.8, 4) is 0 Å². The van der Waals surface area contributed by atoms with Crippen molar-refractivity contribution in [2.45, 2.75) is 45.1 Å². The van der Waals surface area contributed by atoms with Gasteiger partial charge in [-0.05, 0) is 50.6 Å². The molecule has 0 spiro atoms. The Morgan fingerprint density at radius 1 is 1.32 bits per heavy atom. The minimum absolute atomic E-state index is 0.711. The SMILES string of the molecule is CN(Cc1n[nH]c2c1CCCCC2)CC1CCOC1. The van der Waals surface area contributed by atoms with Gasteiger partial charge in [0.25, 0.3) is 0 Å². The predicted molar refractivity (Wildman–Crippen MR) is 75.1 cm³/mol. The largest absolute Gasteiger partial charge is 0.381 e. The molecule has 1 atom stereocenters. The lowest BCUT2D eigenvalue weighted by Gasteiger charge is -2.19. The fraction of sp³-hybridized carbons (Fsp3) is 0.800. The Morgan fingerprint density at radius 2 is 2.21 bits per heavy atom. The minimum Gasteiger partial charge on any atom is -0.381 e. The minimum atomic E-state index is 0.711. The number of ether oxygens (including phenoxy) is 1. The van der Waals surface area contributed by atoms with E-state index in [1.54, 1.807) is 0 Å². The summed E-state index contributed by atoms with van der Waals surface area (Å²) in [6, 6.07) is 0. The first-order valence-corrected chi connectivity index (χ1v) is 7.64. The van der Waals surface area contributed by atoms with Crippen LogP contribution in [0.3, 0.4) is 0 Å². The molecule has 1 N–H and O–H groups in total.